The maximum atomic E-state index is 12.9. The van der Waals surface area contributed by atoms with Crippen molar-refractivity contribution in [2.24, 2.45) is 5.92 Å². The first kappa shape index (κ1) is 21.8. The molecule has 5 nitrogen and oxygen atoms in total. The number of nitrogens with one attached hydrogen (secondary N) is 1. The van der Waals surface area contributed by atoms with Gasteiger partial charge in [-0.1, -0.05) is 29.8 Å². The average Bonchev–Trinajstić information content (AvgIpc) is 2.70. The van der Waals surface area contributed by atoms with Crippen LogP contribution in [0.25, 0.3) is 0 Å². The monoisotopic (exact) mass is 434 g/mol. The van der Waals surface area contributed by atoms with Gasteiger partial charge < -0.3 is 5.32 Å². The molecule has 2 aromatic rings. The molecule has 1 aliphatic rings. The molecular weight excluding hydrogens is 408 g/mol. The van der Waals surface area contributed by atoms with Crippen LogP contribution >= 0.6 is 11.6 Å². The zero-order chi connectivity index (χ0) is 21.2. The average molecular weight is 435 g/mol. The number of piperidine rings is 1. The molecule has 29 heavy (non-hydrogen) atoms. The molecule has 0 aromatic heterocycles. The van der Waals surface area contributed by atoms with Gasteiger partial charge in [0.15, 0.2) is 0 Å². The Balaban J connectivity index is 1.68. The van der Waals surface area contributed by atoms with Crippen molar-refractivity contribution >= 4 is 27.5 Å². The Labute approximate surface area is 178 Å². The van der Waals surface area contributed by atoms with E-state index in [1.54, 1.807) is 12.1 Å². The minimum atomic E-state index is -3.64. The summed E-state index contributed by atoms with van der Waals surface area (Å²) in [6, 6.07) is 12.1. The van der Waals surface area contributed by atoms with E-state index in [4.69, 9.17) is 11.6 Å². The number of sulfonamides is 1. The number of benzene rings is 2. The number of nitrogens with zero attached hydrogens (tertiary/aromatic N) is 1. The van der Waals surface area contributed by atoms with Gasteiger partial charge in [0.05, 0.1) is 16.9 Å². The summed E-state index contributed by atoms with van der Waals surface area (Å²) in [4.78, 5) is 13.0. The lowest BCUT2D eigenvalue weighted by Gasteiger charge is -2.32. The summed E-state index contributed by atoms with van der Waals surface area (Å²) in [5.41, 5.74) is 3.44. The number of carbonyl (C=O) groups excluding carboxylic acids is 1. The molecule has 1 saturated heterocycles. The second kappa shape index (κ2) is 8.86. The molecule has 0 aliphatic carbocycles. The summed E-state index contributed by atoms with van der Waals surface area (Å²) in [6.07, 6.45) is 1.33. The number of hydrogen-bond acceptors (Lipinski definition) is 3. The SMILES string of the molecule is Cc1ccc(C(C)NC(=O)C2CCCN(S(=O)(=O)c3ccc(Cl)cc3)C2)cc1C. The Morgan fingerprint density at radius 1 is 1.14 bits per heavy atom. The molecular formula is C22H27ClN2O3S. The Kier molecular flexibility index (Phi) is 6.66. The highest BCUT2D eigenvalue weighted by atomic mass is 35.5. The van der Waals surface area contributed by atoms with Crippen molar-refractivity contribution in [2.45, 2.75) is 44.6 Å². The minimum absolute atomic E-state index is 0.105. The minimum Gasteiger partial charge on any atom is -0.349 e. The molecule has 0 spiro atoms. The van der Waals surface area contributed by atoms with E-state index in [-0.39, 0.29) is 29.3 Å². The van der Waals surface area contributed by atoms with Crippen LogP contribution in [0.5, 0.6) is 0 Å². The van der Waals surface area contributed by atoms with Gasteiger partial charge in [0.2, 0.25) is 15.9 Å². The normalized spacial score (nSPS) is 19.0. The van der Waals surface area contributed by atoms with Gasteiger partial charge in [-0.15, -0.1) is 0 Å². The molecule has 0 saturated carbocycles. The van der Waals surface area contributed by atoms with E-state index < -0.39 is 10.0 Å². The summed E-state index contributed by atoms with van der Waals surface area (Å²) in [7, 11) is -3.64. The van der Waals surface area contributed by atoms with Gasteiger partial charge in [-0.2, -0.15) is 4.31 Å². The summed E-state index contributed by atoms with van der Waals surface area (Å²) in [6.45, 7) is 6.67. The fourth-order valence-corrected chi connectivity index (χ4v) is 5.23. The summed E-state index contributed by atoms with van der Waals surface area (Å²) >= 11 is 5.87. The van der Waals surface area contributed by atoms with Crippen LogP contribution < -0.4 is 5.32 Å². The number of hydrogen-bond donors (Lipinski definition) is 1. The fourth-order valence-electron chi connectivity index (χ4n) is 3.58. The number of amides is 1. The van der Waals surface area contributed by atoms with Crippen molar-refractivity contribution in [3.05, 3.63) is 64.2 Å². The highest BCUT2D eigenvalue weighted by Gasteiger charge is 2.33. The Morgan fingerprint density at radius 3 is 2.48 bits per heavy atom. The smallest absolute Gasteiger partial charge is 0.243 e. The Hall–Kier alpha value is -1.89. The molecule has 0 radical (unpaired) electrons. The first-order valence-electron chi connectivity index (χ1n) is 9.81. The molecule has 7 heteroatoms. The zero-order valence-corrected chi connectivity index (χ0v) is 18.6. The number of rotatable bonds is 5. The van der Waals surface area contributed by atoms with E-state index in [2.05, 4.69) is 18.3 Å². The molecule has 3 rings (SSSR count). The van der Waals surface area contributed by atoms with Crippen LogP contribution in [0.1, 0.15) is 42.5 Å². The molecule has 1 fully saturated rings. The Morgan fingerprint density at radius 2 is 1.83 bits per heavy atom. The van der Waals surface area contributed by atoms with E-state index in [9.17, 15) is 13.2 Å². The van der Waals surface area contributed by atoms with Crippen LogP contribution in [-0.2, 0) is 14.8 Å². The second-order valence-electron chi connectivity index (χ2n) is 7.73. The topological polar surface area (TPSA) is 66.5 Å². The zero-order valence-electron chi connectivity index (χ0n) is 17.0. The van der Waals surface area contributed by atoms with Gasteiger partial charge in [-0.25, -0.2) is 8.42 Å². The molecule has 2 unspecified atom stereocenters. The molecule has 2 aromatic carbocycles. The van der Waals surface area contributed by atoms with Gasteiger partial charge in [0, 0.05) is 18.1 Å². The van der Waals surface area contributed by atoms with Gasteiger partial charge in [0.1, 0.15) is 0 Å². The quantitative estimate of drug-likeness (QED) is 0.765. The third-order valence-corrected chi connectivity index (χ3v) is 7.73. The van der Waals surface area contributed by atoms with Crippen molar-refractivity contribution in [3.63, 3.8) is 0 Å². The highest BCUT2D eigenvalue weighted by Crippen LogP contribution is 2.26. The van der Waals surface area contributed by atoms with Gasteiger partial charge in [0.25, 0.3) is 0 Å². The number of carbonyl (C=O) groups is 1. The summed E-state index contributed by atoms with van der Waals surface area (Å²) < 4.78 is 27.3. The lowest BCUT2D eigenvalue weighted by Crippen LogP contribution is -2.45. The van der Waals surface area contributed by atoms with E-state index in [1.807, 2.05) is 26.0 Å². The van der Waals surface area contributed by atoms with E-state index >= 15 is 0 Å². The summed E-state index contributed by atoms with van der Waals surface area (Å²) in [5, 5.41) is 3.54. The third kappa shape index (κ3) is 5.00. The van der Waals surface area contributed by atoms with Gasteiger partial charge in [-0.05, 0) is 74.6 Å². The second-order valence-corrected chi connectivity index (χ2v) is 10.1. The van der Waals surface area contributed by atoms with Crippen LogP contribution in [0.2, 0.25) is 5.02 Å². The van der Waals surface area contributed by atoms with Crippen molar-refractivity contribution in [2.75, 3.05) is 13.1 Å². The largest absolute Gasteiger partial charge is 0.349 e. The van der Waals surface area contributed by atoms with Crippen molar-refractivity contribution < 1.29 is 13.2 Å². The van der Waals surface area contributed by atoms with E-state index in [0.29, 0.717) is 24.4 Å². The molecule has 0 bridgehead atoms. The molecule has 2 atom stereocenters. The highest BCUT2D eigenvalue weighted by molar-refractivity contribution is 7.89. The first-order chi connectivity index (χ1) is 13.7. The Bertz CT molecular complexity index is 990. The van der Waals surface area contributed by atoms with Crippen LogP contribution in [0.3, 0.4) is 0 Å². The number of aryl methyl sites for hydroxylation is 2. The summed E-state index contributed by atoms with van der Waals surface area (Å²) in [5.74, 6) is -0.466. The van der Waals surface area contributed by atoms with Crippen LogP contribution in [0, 0.1) is 19.8 Å². The van der Waals surface area contributed by atoms with Gasteiger partial charge in [-0.3, -0.25) is 4.79 Å². The van der Waals surface area contributed by atoms with Crippen molar-refractivity contribution in [1.82, 2.24) is 9.62 Å². The van der Waals surface area contributed by atoms with Crippen LogP contribution in [-0.4, -0.2) is 31.7 Å². The molecule has 1 heterocycles. The fraction of sp³-hybridized carbons (Fsp3) is 0.409. The standard InChI is InChI=1S/C22H27ClN2O3S/c1-15-6-7-18(13-16(15)2)17(3)24-22(26)19-5-4-12-25(14-19)29(27,28)21-10-8-20(23)9-11-21/h6-11,13,17,19H,4-5,12,14H2,1-3H3,(H,24,26). The molecule has 1 amide bonds. The van der Waals surface area contributed by atoms with Crippen molar-refractivity contribution in [1.29, 1.82) is 0 Å². The first-order valence-corrected chi connectivity index (χ1v) is 11.6. The molecule has 1 aliphatic heterocycles. The predicted octanol–water partition coefficient (Wildman–Crippen LogP) is 4.23. The van der Waals surface area contributed by atoms with E-state index in [0.717, 1.165) is 5.56 Å². The van der Waals surface area contributed by atoms with E-state index in [1.165, 1.54) is 27.6 Å². The van der Waals surface area contributed by atoms with Crippen LogP contribution in [0.15, 0.2) is 47.4 Å². The maximum absolute atomic E-state index is 12.9. The van der Waals surface area contributed by atoms with Crippen molar-refractivity contribution in [3.8, 4) is 0 Å². The molecule has 156 valence electrons. The molecule has 1 N–H and O–H groups in total. The lowest BCUT2D eigenvalue weighted by atomic mass is 9.97. The lowest BCUT2D eigenvalue weighted by molar-refractivity contribution is -0.126. The predicted molar refractivity (Wildman–Crippen MR) is 115 cm³/mol. The van der Waals surface area contributed by atoms with Gasteiger partial charge >= 0.3 is 0 Å². The van der Waals surface area contributed by atoms with Crippen LogP contribution in [0.4, 0.5) is 0 Å². The third-order valence-electron chi connectivity index (χ3n) is 5.60. The number of halogens is 1. The maximum Gasteiger partial charge on any atom is 0.243 e.